The van der Waals surface area contributed by atoms with Gasteiger partial charge in [-0.2, -0.15) is 0 Å². The van der Waals surface area contributed by atoms with Crippen LogP contribution >= 0.6 is 0 Å². The van der Waals surface area contributed by atoms with Crippen LogP contribution in [-0.2, 0) is 0 Å². The zero-order valence-electron chi connectivity index (χ0n) is 13.0. The van der Waals surface area contributed by atoms with Gasteiger partial charge in [0.2, 0.25) is 0 Å². The first kappa shape index (κ1) is 14.4. The van der Waals surface area contributed by atoms with E-state index in [0.29, 0.717) is 12.1 Å². The van der Waals surface area contributed by atoms with Crippen molar-refractivity contribution in [2.75, 3.05) is 18.0 Å². The fraction of sp³-hybridized carbons (Fsp3) is 0.647. The maximum atomic E-state index is 3.71. The number of aryl methyl sites for hydroxylation is 2. The molecule has 3 unspecified atom stereocenters. The highest BCUT2D eigenvalue weighted by Gasteiger charge is 2.27. The van der Waals surface area contributed by atoms with Crippen LogP contribution in [0.2, 0.25) is 0 Å². The van der Waals surface area contributed by atoms with Crippen LogP contribution in [0.25, 0.3) is 0 Å². The second-order valence-corrected chi connectivity index (χ2v) is 6.25. The number of hydrogen-bond donors (Lipinski definition) is 1. The molecule has 2 rings (SSSR count). The lowest BCUT2D eigenvalue weighted by Crippen LogP contribution is -2.57. The first-order valence-electron chi connectivity index (χ1n) is 7.59. The maximum absolute atomic E-state index is 3.71. The number of nitrogens with one attached hydrogen (secondary N) is 1. The van der Waals surface area contributed by atoms with Crippen molar-refractivity contribution in [1.29, 1.82) is 0 Å². The summed E-state index contributed by atoms with van der Waals surface area (Å²) in [6.07, 6.45) is 1.24. The van der Waals surface area contributed by atoms with Crippen LogP contribution in [0.5, 0.6) is 0 Å². The van der Waals surface area contributed by atoms with Gasteiger partial charge in [-0.05, 0) is 49.9 Å². The minimum atomic E-state index is 0.571. The average molecular weight is 260 g/mol. The van der Waals surface area contributed by atoms with Crippen LogP contribution in [-0.4, -0.2) is 25.2 Å². The van der Waals surface area contributed by atoms with E-state index in [9.17, 15) is 0 Å². The summed E-state index contributed by atoms with van der Waals surface area (Å²) in [5, 5.41) is 3.71. The summed E-state index contributed by atoms with van der Waals surface area (Å²) >= 11 is 0. The molecular formula is C17H28N2. The number of rotatable bonds is 3. The van der Waals surface area contributed by atoms with Gasteiger partial charge in [0.1, 0.15) is 0 Å². The van der Waals surface area contributed by atoms with Crippen molar-refractivity contribution in [3.63, 3.8) is 0 Å². The summed E-state index contributed by atoms with van der Waals surface area (Å²) in [4.78, 5) is 2.58. The zero-order chi connectivity index (χ0) is 14.0. The topological polar surface area (TPSA) is 15.3 Å². The molecule has 2 nitrogen and oxygen atoms in total. The van der Waals surface area contributed by atoms with Crippen molar-refractivity contribution in [2.45, 2.75) is 53.1 Å². The van der Waals surface area contributed by atoms with Crippen molar-refractivity contribution in [3.8, 4) is 0 Å². The Kier molecular flexibility index (Phi) is 4.51. The lowest BCUT2D eigenvalue weighted by atomic mass is 9.95. The van der Waals surface area contributed by atoms with Crippen LogP contribution in [0, 0.1) is 19.8 Å². The second-order valence-electron chi connectivity index (χ2n) is 6.25. The van der Waals surface area contributed by atoms with Gasteiger partial charge in [-0.25, -0.2) is 0 Å². The van der Waals surface area contributed by atoms with Gasteiger partial charge in [0.25, 0.3) is 0 Å². The van der Waals surface area contributed by atoms with Crippen LogP contribution in [0.4, 0.5) is 5.69 Å². The molecule has 1 fully saturated rings. The number of piperazine rings is 1. The van der Waals surface area contributed by atoms with Crippen molar-refractivity contribution >= 4 is 5.69 Å². The first-order valence-corrected chi connectivity index (χ1v) is 7.59. The van der Waals surface area contributed by atoms with E-state index in [1.165, 1.54) is 23.2 Å². The maximum Gasteiger partial charge on any atom is 0.0387 e. The SMILES string of the molecule is CCC(C)C1CN(c2cc(C)cc(C)c2)C(C)CN1. The predicted molar refractivity (Wildman–Crippen MR) is 84.0 cm³/mol. The Bertz CT molecular complexity index is 407. The van der Waals surface area contributed by atoms with E-state index in [0.717, 1.165) is 19.0 Å². The van der Waals surface area contributed by atoms with E-state index in [1.54, 1.807) is 0 Å². The van der Waals surface area contributed by atoms with Gasteiger partial charge in [0, 0.05) is 30.9 Å². The van der Waals surface area contributed by atoms with Gasteiger partial charge in [0.15, 0.2) is 0 Å². The molecule has 1 aliphatic rings. The van der Waals surface area contributed by atoms with Crippen LogP contribution < -0.4 is 10.2 Å². The summed E-state index contributed by atoms with van der Waals surface area (Å²) in [5.41, 5.74) is 4.11. The summed E-state index contributed by atoms with van der Waals surface area (Å²) in [6.45, 7) is 13.5. The smallest absolute Gasteiger partial charge is 0.0387 e. The van der Waals surface area contributed by atoms with E-state index >= 15 is 0 Å². The van der Waals surface area contributed by atoms with Gasteiger partial charge in [-0.15, -0.1) is 0 Å². The molecule has 106 valence electrons. The average Bonchev–Trinajstić information content (AvgIpc) is 2.37. The Morgan fingerprint density at radius 1 is 1.26 bits per heavy atom. The molecular weight excluding hydrogens is 232 g/mol. The van der Waals surface area contributed by atoms with Gasteiger partial charge >= 0.3 is 0 Å². The van der Waals surface area contributed by atoms with Gasteiger partial charge in [-0.3, -0.25) is 0 Å². The van der Waals surface area contributed by atoms with Gasteiger partial charge in [-0.1, -0.05) is 26.3 Å². The molecule has 0 spiro atoms. The highest BCUT2D eigenvalue weighted by Crippen LogP contribution is 2.24. The molecule has 1 saturated heterocycles. The summed E-state index contributed by atoms with van der Waals surface area (Å²) in [6, 6.07) is 8.08. The van der Waals surface area contributed by atoms with E-state index in [1.807, 2.05) is 0 Å². The Hall–Kier alpha value is -1.02. The van der Waals surface area contributed by atoms with Crippen LogP contribution in [0.15, 0.2) is 18.2 Å². The Morgan fingerprint density at radius 2 is 1.89 bits per heavy atom. The molecule has 0 bridgehead atoms. The van der Waals surface area contributed by atoms with Crippen LogP contribution in [0.1, 0.15) is 38.3 Å². The van der Waals surface area contributed by atoms with Crippen molar-refractivity contribution in [3.05, 3.63) is 29.3 Å². The van der Waals surface area contributed by atoms with Gasteiger partial charge in [0.05, 0.1) is 0 Å². The standard InChI is InChI=1S/C17H28N2/c1-6-14(4)17-11-19(15(5)10-18-17)16-8-12(2)7-13(3)9-16/h7-9,14-15,17-18H,6,10-11H2,1-5H3. The molecule has 3 atom stereocenters. The third-order valence-corrected chi connectivity index (χ3v) is 4.47. The quantitative estimate of drug-likeness (QED) is 0.894. The minimum absolute atomic E-state index is 0.571. The lowest BCUT2D eigenvalue weighted by molar-refractivity contribution is 0.316. The Labute approximate surface area is 118 Å². The summed E-state index contributed by atoms with van der Waals surface area (Å²) < 4.78 is 0. The zero-order valence-corrected chi connectivity index (χ0v) is 13.0. The molecule has 1 aromatic carbocycles. The Balaban J connectivity index is 2.20. The van der Waals surface area contributed by atoms with E-state index in [4.69, 9.17) is 0 Å². The molecule has 0 amide bonds. The highest BCUT2D eigenvalue weighted by molar-refractivity contribution is 5.52. The summed E-state index contributed by atoms with van der Waals surface area (Å²) in [5.74, 6) is 0.737. The summed E-state index contributed by atoms with van der Waals surface area (Å²) in [7, 11) is 0. The van der Waals surface area contributed by atoms with E-state index in [2.05, 4.69) is 63.0 Å². The predicted octanol–water partition coefficient (Wildman–Crippen LogP) is 3.52. The third kappa shape index (κ3) is 3.30. The molecule has 1 aromatic rings. The molecule has 0 aliphatic carbocycles. The second kappa shape index (κ2) is 5.96. The van der Waals surface area contributed by atoms with E-state index in [-0.39, 0.29) is 0 Å². The fourth-order valence-corrected chi connectivity index (χ4v) is 3.03. The van der Waals surface area contributed by atoms with Gasteiger partial charge < -0.3 is 10.2 Å². The Morgan fingerprint density at radius 3 is 2.47 bits per heavy atom. The number of anilines is 1. The molecule has 1 N–H and O–H groups in total. The normalized spacial score (nSPS) is 25.4. The molecule has 0 radical (unpaired) electrons. The minimum Gasteiger partial charge on any atom is -0.366 e. The largest absolute Gasteiger partial charge is 0.366 e. The third-order valence-electron chi connectivity index (χ3n) is 4.47. The highest BCUT2D eigenvalue weighted by atomic mass is 15.2. The van der Waals surface area contributed by atoms with Crippen molar-refractivity contribution in [1.82, 2.24) is 5.32 Å². The number of nitrogens with zero attached hydrogens (tertiary/aromatic N) is 1. The molecule has 1 heterocycles. The number of hydrogen-bond acceptors (Lipinski definition) is 2. The van der Waals surface area contributed by atoms with Crippen molar-refractivity contribution < 1.29 is 0 Å². The first-order chi connectivity index (χ1) is 9.01. The monoisotopic (exact) mass is 260 g/mol. The molecule has 0 saturated carbocycles. The van der Waals surface area contributed by atoms with E-state index < -0.39 is 0 Å². The molecule has 19 heavy (non-hydrogen) atoms. The molecule has 2 heteroatoms. The lowest BCUT2D eigenvalue weighted by Gasteiger charge is -2.42. The van der Waals surface area contributed by atoms with Crippen LogP contribution in [0.3, 0.4) is 0 Å². The molecule has 1 aliphatic heterocycles. The number of benzene rings is 1. The fourth-order valence-electron chi connectivity index (χ4n) is 3.03. The molecule has 0 aromatic heterocycles. The van der Waals surface area contributed by atoms with Crippen molar-refractivity contribution in [2.24, 2.45) is 5.92 Å².